The van der Waals surface area contributed by atoms with Gasteiger partial charge in [-0.15, -0.1) is 0 Å². The summed E-state index contributed by atoms with van der Waals surface area (Å²) < 4.78 is 13.1. The fraction of sp³-hybridized carbons (Fsp3) is 0.500. The van der Waals surface area contributed by atoms with Crippen molar-refractivity contribution in [1.29, 1.82) is 0 Å². The zero-order valence-electron chi connectivity index (χ0n) is 8.02. The molecule has 0 unspecified atom stereocenters. The summed E-state index contributed by atoms with van der Waals surface area (Å²) in [4.78, 5) is 0. The van der Waals surface area contributed by atoms with Crippen molar-refractivity contribution in [3.05, 3.63) is 35.1 Å². The van der Waals surface area contributed by atoms with Gasteiger partial charge in [0.1, 0.15) is 5.82 Å². The SMILES string of the molecule is Cc1cc(F)cc(C2CCCC2)c1. The molecular formula is C12H15F. The van der Waals surface area contributed by atoms with Crippen LogP contribution in [-0.4, -0.2) is 0 Å². The van der Waals surface area contributed by atoms with Gasteiger partial charge in [0.15, 0.2) is 0 Å². The van der Waals surface area contributed by atoms with Crippen molar-refractivity contribution in [3.8, 4) is 0 Å². The van der Waals surface area contributed by atoms with Crippen LogP contribution in [0.25, 0.3) is 0 Å². The maximum Gasteiger partial charge on any atom is 0.123 e. The second-order valence-electron chi connectivity index (χ2n) is 4.04. The Balaban J connectivity index is 2.28. The minimum Gasteiger partial charge on any atom is -0.207 e. The van der Waals surface area contributed by atoms with Crippen LogP contribution in [0.1, 0.15) is 42.7 Å². The lowest BCUT2D eigenvalue weighted by Crippen LogP contribution is -1.93. The van der Waals surface area contributed by atoms with Gasteiger partial charge in [0.05, 0.1) is 0 Å². The maximum absolute atomic E-state index is 13.1. The van der Waals surface area contributed by atoms with E-state index in [9.17, 15) is 4.39 Å². The number of halogens is 1. The van der Waals surface area contributed by atoms with E-state index in [-0.39, 0.29) is 5.82 Å². The number of hydrogen-bond acceptors (Lipinski definition) is 0. The molecule has 70 valence electrons. The van der Waals surface area contributed by atoms with E-state index in [0.717, 1.165) is 5.56 Å². The molecule has 1 aromatic rings. The van der Waals surface area contributed by atoms with Gasteiger partial charge >= 0.3 is 0 Å². The summed E-state index contributed by atoms with van der Waals surface area (Å²) in [5.74, 6) is 0.538. The lowest BCUT2D eigenvalue weighted by molar-refractivity contribution is 0.617. The third kappa shape index (κ3) is 1.90. The van der Waals surface area contributed by atoms with Gasteiger partial charge in [0, 0.05) is 0 Å². The Morgan fingerprint density at radius 3 is 2.46 bits per heavy atom. The van der Waals surface area contributed by atoms with Crippen LogP contribution in [0.2, 0.25) is 0 Å². The van der Waals surface area contributed by atoms with Crippen LogP contribution in [0.15, 0.2) is 18.2 Å². The minimum atomic E-state index is -0.0816. The second-order valence-corrected chi connectivity index (χ2v) is 4.04. The van der Waals surface area contributed by atoms with Crippen molar-refractivity contribution in [2.24, 2.45) is 0 Å². The number of hydrogen-bond donors (Lipinski definition) is 0. The molecule has 0 N–H and O–H groups in total. The molecule has 0 nitrogen and oxygen atoms in total. The first-order valence-corrected chi connectivity index (χ1v) is 5.03. The Kier molecular flexibility index (Phi) is 2.34. The Morgan fingerprint density at radius 2 is 1.85 bits per heavy atom. The first-order valence-electron chi connectivity index (χ1n) is 5.03. The molecule has 1 aromatic carbocycles. The van der Waals surface area contributed by atoms with Crippen LogP contribution < -0.4 is 0 Å². The monoisotopic (exact) mass is 178 g/mol. The van der Waals surface area contributed by atoms with Gasteiger partial charge in [-0.2, -0.15) is 0 Å². The van der Waals surface area contributed by atoms with Gasteiger partial charge in [-0.05, 0) is 48.9 Å². The number of benzene rings is 1. The number of aryl methyl sites for hydroxylation is 1. The summed E-state index contributed by atoms with van der Waals surface area (Å²) in [7, 11) is 0. The van der Waals surface area contributed by atoms with Crippen LogP contribution in [-0.2, 0) is 0 Å². The van der Waals surface area contributed by atoms with Gasteiger partial charge in [-0.25, -0.2) is 4.39 Å². The Labute approximate surface area is 78.8 Å². The van der Waals surface area contributed by atoms with E-state index in [0.29, 0.717) is 5.92 Å². The van der Waals surface area contributed by atoms with E-state index in [4.69, 9.17) is 0 Å². The van der Waals surface area contributed by atoms with Gasteiger partial charge in [-0.3, -0.25) is 0 Å². The Hall–Kier alpha value is -0.850. The highest BCUT2D eigenvalue weighted by atomic mass is 19.1. The summed E-state index contributed by atoms with van der Waals surface area (Å²) in [6, 6.07) is 5.42. The van der Waals surface area contributed by atoms with Crippen molar-refractivity contribution in [2.75, 3.05) is 0 Å². The van der Waals surface area contributed by atoms with Crippen molar-refractivity contribution in [1.82, 2.24) is 0 Å². The van der Waals surface area contributed by atoms with Crippen LogP contribution in [0.5, 0.6) is 0 Å². The molecule has 0 saturated heterocycles. The normalized spacial score (nSPS) is 18.0. The quantitative estimate of drug-likeness (QED) is 0.613. The molecule has 13 heavy (non-hydrogen) atoms. The van der Waals surface area contributed by atoms with Crippen molar-refractivity contribution in [3.63, 3.8) is 0 Å². The molecule has 0 heterocycles. The van der Waals surface area contributed by atoms with Crippen molar-refractivity contribution in [2.45, 2.75) is 38.5 Å². The van der Waals surface area contributed by atoms with Gasteiger partial charge < -0.3 is 0 Å². The van der Waals surface area contributed by atoms with Crippen molar-refractivity contribution >= 4 is 0 Å². The molecule has 0 radical (unpaired) electrons. The predicted molar refractivity (Wildman–Crippen MR) is 52.3 cm³/mol. The highest BCUT2D eigenvalue weighted by Crippen LogP contribution is 2.34. The van der Waals surface area contributed by atoms with E-state index in [1.807, 2.05) is 6.92 Å². The third-order valence-corrected chi connectivity index (χ3v) is 2.89. The van der Waals surface area contributed by atoms with Crippen LogP contribution in [0, 0.1) is 12.7 Å². The van der Waals surface area contributed by atoms with Crippen LogP contribution in [0.4, 0.5) is 4.39 Å². The standard InChI is InChI=1S/C12H15F/c1-9-6-11(8-12(13)7-9)10-4-2-3-5-10/h6-8,10H,2-5H2,1H3. The molecule has 1 fully saturated rings. The lowest BCUT2D eigenvalue weighted by atomic mass is 9.96. The summed E-state index contributed by atoms with van der Waals surface area (Å²) in [6.07, 6.45) is 5.09. The average molecular weight is 178 g/mol. The third-order valence-electron chi connectivity index (χ3n) is 2.89. The molecule has 0 aromatic heterocycles. The fourth-order valence-corrected chi connectivity index (χ4v) is 2.26. The van der Waals surface area contributed by atoms with E-state index in [1.165, 1.54) is 31.2 Å². The van der Waals surface area contributed by atoms with Gasteiger partial charge in [0.2, 0.25) is 0 Å². The smallest absolute Gasteiger partial charge is 0.123 e. The predicted octanol–water partition coefficient (Wildman–Crippen LogP) is 3.79. The molecule has 1 heteroatoms. The number of rotatable bonds is 1. The summed E-state index contributed by atoms with van der Waals surface area (Å²) in [5.41, 5.74) is 2.25. The molecule has 1 saturated carbocycles. The first-order chi connectivity index (χ1) is 6.25. The maximum atomic E-state index is 13.1. The van der Waals surface area contributed by atoms with E-state index < -0.39 is 0 Å². The highest BCUT2D eigenvalue weighted by molar-refractivity contribution is 5.27. The highest BCUT2D eigenvalue weighted by Gasteiger charge is 2.17. The molecule has 0 spiro atoms. The molecule has 1 aliphatic carbocycles. The Bertz CT molecular complexity index is 278. The molecule has 0 atom stereocenters. The van der Waals surface area contributed by atoms with Crippen LogP contribution >= 0.6 is 0 Å². The fourth-order valence-electron chi connectivity index (χ4n) is 2.26. The molecule has 1 aliphatic rings. The van der Waals surface area contributed by atoms with Crippen LogP contribution in [0.3, 0.4) is 0 Å². The lowest BCUT2D eigenvalue weighted by Gasteiger charge is -2.10. The summed E-state index contributed by atoms with van der Waals surface area (Å²) in [6.45, 7) is 1.96. The van der Waals surface area contributed by atoms with Gasteiger partial charge in [-0.1, -0.05) is 18.9 Å². The van der Waals surface area contributed by atoms with E-state index >= 15 is 0 Å². The zero-order chi connectivity index (χ0) is 9.26. The minimum absolute atomic E-state index is 0.0816. The second kappa shape index (κ2) is 3.49. The molecule has 0 amide bonds. The van der Waals surface area contributed by atoms with E-state index in [2.05, 4.69) is 6.07 Å². The molecule has 0 aliphatic heterocycles. The first kappa shape index (κ1) is 8.74. The topological polar surface area (TPSA) is 0 Å². The summed E-state index contributed by atoms with van der Waals surface area (Å²) >= 11 is 0. The average Bonchev–Trinajstić information content (AvgIpc) is 2.53. The molecule has 0 bridgehead atoms. The zero-order valence-corrected chi connectivity index (χ0v) is 8.02. The summed E-state index contributed by atoms with van der Waals surface area (Å²) in [5, 5.41) is 0. The van der Waals surface area contributed by atoms with Gasteiger partial charge in [0.25, 0.3) is 0 Å². The molecular weight excluding hydrogens is 163 g/mol. The Morgan fingerprint density at radius 1 is 1.15 bits per heavy atom. The largest absolute Gasteiger partial charge is 0.207 e. The van der Waals surface area contributed by atoms with Crippen molar-refractivity contribution < 1.29 is 4.39 Å². The van der Waals surface area contributed by atoms with E-state index in [1.54, 1.807) is 12.1 Å². The molecule has 2 rings (SSSR count).